The summed E-state index contributed by atoms with van der Waals surface area (Å²) in [6.07, 6.45) is -2.04. The van der Waals surface area contributed by atoms with E-state index >= 15 is 0 Å². The van der Waals surface area contributed by atoms with Gasteiger partial charge >= 0.3 is 11.9 Å². The molecule has 1 aromatic carbocycles. The van der Waals surface area contributed by atoms with Crippen LogP contribution >= 0.6 is 0 Å². The predicted octanol–water partition coefficient (Wildman–Crippen LogP) is 0.437. The molecule has 1 aromatic rings. The lowest BCUT2D eigenvalue weighted by molar-refractivity contribution is -0.525. The normalized spacial score (nSPS) is 12.1. The molecule has 14 heteroatoms. The van der Waals surface area contributed by atoms with Gasteiger partial charge in [-0.3, -0.25) is 9.78 Å². The molecule has 14 nitrogen and oxygen atoms in total. The Morgan fingerprint density at radius 2 is 1.03 bits per heavy atom. The van der Waals surface area contributed by atoms with Crippen LogP contribution in [0.2, 0.25) is 0 Å². The van der Waals surface area contributed by atoms with E-state index in [1.807, 2.05) is 0 Å². The van der Waals surface area contributed by atoms with E-state index in [-0.39, 0.29) is 0 Å². The third-order valence-electron chi connectivity index (χ3n) is 3.18. The van der Waals surface area contributed by atoms with Gasteiger partial charge in [0.2, 0.25) is 0 Å². The van der Waals surface area contributed by atoms with E-state index in [2.05, 4.69) is 29.6 Å². The van der Waals surface area contributed by atoms with Gasteiger partial charge in [0.1, 0.15) is 0 Å². The number of carbonyl (C=O) groups is 2. The average molecular weight is 438 g/mol. The van der Waals surface area contributed by atoms with E-state index in [4.69, 9.17) is 10.2 Å². The van der Waals surface area contributed by atoms with Crippen molar-refractivity contribution < 1.29 is 69.9 Å². The van der Waals surface area contributed by atoms with Gasteiger partial charge in [-0.25, -0.2) is 9.59 Å². The maximum atomic E-state index is 12.0. The minimum Gasteiger partial charge on any atom is -0.504 e. The number of hydrogen-bond donors (Lipinski definition) is 6. The molecule has 0 spiro atoms. The lowest BCUT2D eigenvalue weighted by Crippen LogP contribution is -2.39. The van der Waals surface area contributed by atoms with E-state index in [9.17, 15) is 30.0 Å². The summed E-state index contributed by atoms with van der Waals surface area (Å²) in [6.45, 7) is 6.92. The van der Waals surface area contributed by atoms with Crippen molar-refractivity contribution in [3.63, 3.8) is 0 Å². The third-order valence-corrected chi connectivity index (χ3v) is 3.18. The Morgan fingerprint density at radius 1 is 0.700 bits per heavy atom. The van der Waals surface area contributed by atoms with E-state index in [1.54, 1.807) is 20.8 Å². The van der Waals surface area contributed by atoms with Crippen LogP contribution < -0.4 is 0 Å². The van der Waals surface area contributed by atoms with Gasteiger partial charge < -0.3 is 30.6 Å². The lowest BCUT2D eigenvalue weighted by atomic mass is 10.1. The van der Waals surface area contributed by atoms with Crippen molar-refractivity contribution >= 4 is 11.9 Å². The smallest absolute Gasteiger partial charge is 0.384 e. The van der Waals surface area contributed by atoms with Crippen molar-refractivity contribution in [2.24, 2.45) is 0 Å². The molecular weight excluding hydrogens is 416 g/mol. The van der Waals surface area contributed by atoms with Crippen LogP contribution in [0.1, 0.15) is 55.3 Å². The van der Waals surface area contributed by atoms with Gasteiger partial charge in [-0.1, -0.05) is 0 Å². The SMILES string of the molecule is CC(C)(C)OOOC(=O)c1c(O)c(O)c(C(=O)OOOC(C)(C)C(O)O)c(O)c1O. The molecular formula is C16H22O14. The number of phenols is 4. The lowest BCUT2D eigenvalue weighted by Gasteiger charge is -2.23. The van der Waals surface area contributed by atoms with Crippen LogP contribution in [0.5, 0.6) is 23.0 Å². The van der Waals surface area contributed by atoms with Gasteiger partial charge in [0, 0.05) is 0 Å². The number of hydrogen-bond acceptors (Lipinski definition) is 14. The molecule has 0 aliphatic carbocycles. The first-order valence-electron chi connectivity index (χ1n) is 8.09. The van der Waals surface area contributed by atoms with Crippen LogP contribution in [-0.4, -0.2) is 60.1 Å². The minimum absolute atomic E-state index is 0.898. The molecule has 0 saturated heterocycles. The molecule has 1 rings (SSSR count). The maximum absolute atomic E-state index is 12.0. The zero-order chi connectivity index (χ0) is 23.4. The zero-order valence-corrected chi connectivity index (χ0v) is 16.5. The van der Waals surface area contributed by atoms with Crippen LogP contribution in [-0.2, 0) is 29.6 Å². The number of carbonyl (C=O) groups excluding carboxylic acids is 2. The van der Waals surface area contributed by atoms with Crippen LogP contribution in [0, 0.1) is 0 Å². The van der Waals surface area contributed by atoms with Crippen molar-refractivity contribution in [2.75, 3.05) is 0 Å². The van der Waals surface area contributed by atoms with Gasteiger partial charge in [0.15, 0.2) is 46.0 Å². The topological polar surface area (TPSA) is 211 Å². The molecule has 0 radical (unpaired) electrons. The highest BCUT2D eigenvalue weighted by Crippen LogP contribution is 2.47. The summed E-state index contributed by atoms with van der Waals surface area (Å²) in [5.74, 6) is -8.86. The Morgan fingerprint density at radius 3 is 1.33 bits per heavy atom. The molecule has 6 N–H and O–H groups in total. The molecule has 0 bridgehead atoms. The van der Waals surface area contributed by atoms with Crippen LogP contribution in [0.25, 0.3) is 0 Å². The van der Waals surface area contributed by atoms with Crippen molar-refractivity contribution in [3.05, 3.63) is 11.1 Å². The summed E-state index contributed by atoms with van der Waals surface area (Å²) in [6, 6.07) is 0. The van der Waals surface area contributed by atoms with E-state index in [0.29, 0.717) is 0 Å². The molecule has 0 saturated carbocycles. The number of aliphatic hydroxyl groups is 2. The van der Waals surface area contributed by atoms with Crippen LogP contribution in [0.4, 0.5) is 0 Å². The fourth-order valence-corrected chi connectivity index (χ4v) is 1.50. The van der Waals surface area contributed by atoms with Gasteiger partial charge in [0.25, 0.3) is 0 Å². The molecule has 0 aliphatic heterocycles. The third kappa shape index (κ3) is 6.06. The molecule has 0 aromatic heterocycles. The van der Waals surface area contributed by atoms with E-state index in [0.717, 1.165) is 13.8 Å². The molecule has 0 heterocycles. The first-order chi connectivity index (χ1) is 13.6. The molecule has 0 atom stereocenters. The van der Waals surface area contributed by atoms with Crippen molar-refractivity contribution in [1.82, 2.24) is 0 Å². The second kappa shape index (κ2) is 9.29. The fraction of sp³-hybridized carbons (Fsp3) is 0.500. The summed E-state index contributed by atoms with van der Waals surface area (Å²) in [5.41, 5.74) is -5.04. The number of rotatable bonds is 8. The molecule has 170 valence electrons. The average Bonchev–Trinajstić information content (AvgIpc) is 2.59. The largest absolute Gasteiger partial charge is 0.504 e. The summed E-state index contributed by atoms with van der Waals surface area (Å²) >= 11 is 0. The Bertz CT molecular complexity index is 763. The van der Waals surface area contributed by atoms with Crippen molar-refractivity contribution in [1.29, 1.82) is 0 Å². The molecule has 0 unspecified atom stereocenters. The molecule has 30 heavy (non-hydrogen) atoms. The highest BCUT2D eigenvalue weighted by Gasteiger charge is 2.35. The van der Waals surface area contributed by atoms with Gasteiger partial charge in [0.05, 0.1) is 5.60 Å². The number of benzene rings is 1. The Labute approximate surface area is 169 Å². The summed E-state index contributed by atoms with van der Waals surface area (Å²) in [4.78, 5) is 41.2. The zero-order valence-electron chi connectivity index (χ0n) is 16.5. The first kappa shape index (κ1) is 25.2. The highest BCUT2D eigenvalue weighted by atomic mass is 17.5. The Hall–Kier alpha value is -2.88. The first-order valence-corrected chi connectivity index (χ1v) is 8.09. The summed E-state index contributed by atoms with van der Waals surface area (Å²) in [5, 5.41) is 66.0. The number of phenolic OH excluding ortho intramolecular Hbond substituents is 4. The maximum Gasteiger partial charge on any atom is 0.384 e. The molecule has 0 fully saturated rings. The standard InChI is InChI=1S/C16H22O14/c1-15(2,3)27-29-25-12(21)6-8(17)10(19)7(11(20)9(6)18)13(22)26-30-28-16(4,5)14(23)24/h14,17-20,23-24H,1-5H3. The van der Waals surface area contributed by atoms with Gasteiger partial charge in [-0.05, 0) is 44.7 Å². The van der Waals surface area contributed by atoms with E-state index < -0.39 is 63.6 Å². The fourth-order valence-electron chi connectivity index (χ4n) is 1.50. The Balaban J connectivity index is 3.04. The van der Waals surface area contributed by atoms with Gasteiger partial charge in [-0.15, -0.1) is 0 Å². The highest BCUT2D eigenvalue weighted by molar-refractivity contribution is 6.04. The number of aromatic hydroxyl groups is 4. The second-order valence-electron chi connectivity index (χ2n) is 7.28. The number of aliphatic hydroxyl groups excluding tert-OH is 1. The minimum atomic E-state index is -2.04. The molecule has 0 amide bonds. The molecule has 0 aliphatic rings. The van der Waals surface area contributed by atoms with Crippen molar-refractivity contribution in [2.45, 2.75) is 52.1 Å². The second-order valence-corrected chi connectivity index (χ2v) is 7.28. The summed E-state index contributed by atoms with van der Waals surface area (Å²) in [7, 11) is 0. The monoisotopic (exact) mass is 438 g/mol. The van der Waals surface area contributed by atoms with E-state index in [1.165, 1.54) is 0 Å². The summed E-state index contributed by atoms with van der Waals surface area (Å²) < 4.78 is 0. The van der Waals surface area contributed by atoms with Crippen LogP contribution in [0.3, 0.4) is 0 Å². The predicted molar refractivity (Wildman–Crippen MR) is 90.3 cm³/mol. The quantitative estimate of drug-likeness (QED) is 0.107. The van der Waals surface area contributed by atoms with Crippen molar-refractivity contribution in [3.8, 4) is 23.0 Å². The van der Waals surface area contributed by atoms with Gasteiger partial charge in [-0.2, -0.15) is 9.78 Å². The van der Waals surface area contributed by atoms with Crippen LogP contribution in [0.15, 0.2) is 0 Å². The Kier molecular flexibility index (Phi) is 7.79.